The van der Waals surface area contributed by atoms with Gasteiger partial charge >= 0.3 is 0 Å². The fourth-order valence-electron chi connectivity index (χ4n) is 0.534. The van der Waals surface area contributed by atoms with Crippen LogP contribution in [0.2, 0.25) is 0 Å². The summed E-state index contributed by atoms with van der Waals surface area (Å²) in [5, 5.41) is 21.4. The molecule has 3 heteroatoms. The highest BCUT2D eigenvalue weighted by Gasteiger charge is 2.17. The van der Waals surface area contributed by atoms with Gasteiger partial charge in [-0.1, -0.05) is 0 Å². The Hall–Kier alpha value is -0.380. The molecule has 1 heterocycles. The molecule has 0 saturated carbocycles. The van der Waals surface area contributed by atoms with Crippen molar-refractivity contribution in [3.8, 4) is 0 Å². The Kier molecular flexibility index (Phi) is 1.57. The third kappa shape index (κ3) is 1.51. The fraction of sp³-hybridized carbons (Fsp3) is 0.333. The topological polar surface area (TPSA) is 40.5 Å². The van der Waals surface area contributed by atoms with Crippen molar-refractivity contribution < 1.29 is 10.2 Å². The van der Waals surface area contributed by atoms with E-state index in [0.29, 0.717) is 5.56 Å². The summed E-state index contributed by atoms with van der Waals surface area (Å²) in [6.45, 7) is 1.34. The van der Waals surface area contributed by atoms with E-state index in [1.54, 1.807) is 16.8 Å². The van der Waals surface area contributed by atoms with Crippen LogP contribution >= 0.6 is 11.3 Å². The first-order chi connectivity index (χ1) is 4.11. The van der Waals surface area contributed by atoms with E-state index in [-0.39, 0.29) is 0 Å². The lowest BCUT2D eigenvalue weighted by molar-refractivity contribution is -0.152. The zero-order valence-electron chi connectivity index (χ0n) is 5.03. The Morgan fingerprint density at radius 3 is 2.44 bits per heavy atom. The monoisotopic (exact) mass is 144 g/mol. The third-order valence-corrected chi connectivity index (χ3v) is 1.75. The SMILES string of the molecule is CC(O)(O)c1ccsc1. The fourth-order valence-corrected chi connectivity index (χ4v) is 1.29. The second kappa shape index (κ2) is 2.10. The molecule has 9 heavy (non-hydrogen) atoms. The van der Waals surface area contributed by atoms with E-state index in [2.05, 4.69) is 0 Å². The molecule has 50 valence electrons. The highest BCUT2D eigenvalue weighted by Crippen LogP contribution is 2.18. The molecular formula is C6H8O2S. The highest BCUT2D eigenvalue weighted by molar-refractivity contribution is 7.07. The summed E-state index contributed by atoms with van der Waals surface area (Å²) in [7, 11) is 0. The van der Waals surface area contributed by atoms with Crippen molar-refractivity contribution in [3.63, 3.8) is 0 Å². The van der Waals surface area contributed by atoms with Crippen molar-refractivity contribution in [2.24, 2.45) is 0 Å². The summed E-state index contributed by atoms with van der Waals surface area (Å²) in [4.78, 5) is 0. The van der Waals surface area contributed by atoms with Crippen LogP contribution in [-0.4, -0.2) is 10.2 Å². The van der Waals surface area contributed by atoms with Gasteiger partial charge < -0.3 is 10.2 Å². The average Bonchev–Trinajstić information content (AvgIpc) is 2.08. The summed E-state index contributed by atoms with van der Waals surface area (Å²) in [6.07, 6.45) is 0. The molecule has 0 spiro atoms. The number of rotatable bonds is 1. The second-order valence-corrected chi connectivity index (χ2v) is 2.81. The van der Waals surface area contributed by atoms with Crippen LogP contribution in [-0.2, 0) is 5.79 Å². The molecular weight excluding hydrogens is 136 g/mol. The molecule has 0 aromatic carbocycles. The Bertz CT molecular complexity index is 173. The molecule has 0 amide bonds. The Morgan fingerprint density at radius 1 is 1.56 bits per heavy atom. The lowest BCUT2D eigenvalue weighted by atomic mass is 10.2. The van der Waals surface area contributed by atoms with Crippen LogP contribution in [0.1, 0.15) is 12.5 Å². The number of hydrogen-bond acceptors (Lipinski definition) is 3. The predicted octanol–water partition coefficient (Wildman–Crippen LogP) is 0.905. The van der Waals surface area contributed by atoms with Crippen LogP contribution in [0.25, 0.3) is 0 Å². The largest absolute Gasteiger partial charge is 0.362 e. The summed E-state index contributed by atoms with van der Waals surface area (Å²) >= 11 is 1.45. The summed E-state index contributed by atoms with van der Waals surface area (Å²) in [5.74, 6) is -1.67. The number of hydrogen-bond donors (Lipinski definition) is 2. The van der Waals surface area contributed by atoms with Gasteiger partial charge in [0, 0.05) is 5.56 Å². The van der Waals surface area contributed by atoms with Crippen molar-refractivity contribution in [2.45, 2.75) is 12.7 Å². The number of thiophene rings is 1. The molecule has 0 aliphatic carbocycles. The van der Waals surface area contributed by atoms with Crippen LogP contribution in [0.15, 0.2) is 16.8 Å². The van der Waals surface area contributed by atoms with Gasteiger partial charge in [-0.2, -0.15) is 11.3 Å². The van der Waals surface area contributed by atoms with E-state index in [9.17, 15) is 0 Å². The van der Waals surface area contributed by atoms with Crippen LogP contribution in [0.3, 0.4) is 0 Å². The van der Waals surface area contributed by atoms with Crippen molar-refractivity contribution in [2.75, 3.05) is 0 Å². The minimum atomic E-state index is -1.67. The van der Waals surface area contributed by atoms with Crippen LogP contribution < -0.4 is 0 Å². The Morgan fingerprint density at radius 2 is 2.22 bits per heavy atom. The van der Waals surface area contributed by atoms with Crippen molar-refractivity contribution in [3.05, 3.63) is 22.4 Å². The summed E-state index contributed by atoms with van der Waals surface area (Å²) in [5.41, 5.74) is 0.549. The molecule has 0 unspecified atom stereocenters. The summed E-state index contributed by atoms with van der Waals surface area (Å²) in [6, 6.07) is 1.69. The maximum atomic E-state index is 8.94. The molecule has 0 saturated heterocycles. The molecule has 0 atom stereocenters. The first kappa shape index (κ1) is 6.74. The van der Waals surface area contributed by atoms with Crippen LogP contribution in [0, 0.1) is 0 Å². The molecule has 2 nitrogen and oxygen atoms in total. The first-order valence-electron chi connectivity index (χ1n) is 2.58. The van der Waals surface area contributed by atoms with E-state index in [1.807, 2.05) is 0 Å². The molecule has 0 radical (unpaired) electrons. The highest BCUT2D eigenvalue weighted by atomic mass is 32.1. The minimum absolute atomic E-state index is 0.549. The molecule has 1 rings (SSSR count). The normalized spacial score (nSPS) is 11.9. The van der Waals surface area contributed by atoms with E-state index >= 15 is 0 Å². The molecule has 0 aliphatic heterocycles. The van der Waals surface area contributed by atoms with Gasteiger partial charge in [-0.15, -0.1) is 0 Å². The lowest BCUT2D eigenvalue weighted by Gasteiger charge is -2.12. The maximum absolute atomic E-state index is 8.94. The van der Waals surface area contributed by atoms with Gasteiger partial charge in [0.25, 0.3) is 0 Å². The molecule has 0 aliphatic rings. The minimum Gasteiger partial charge on any atom is -0.362 e. The zero-order chi connectivity index (χ0) is 6.91. The van der Waals surface area contributed by atoms with Gasteiger partial charge in [-0.3, -0.25) is 0 Å². The molecule has 0 fully saturated rings. The van der Waals surface area contributed by atoms with Crippen molar-refractivity contribution in [1.82, 2.24) is 0 Å². The standard InChI is InChI=1S/C6H8O2S/c1-6(7,8)5-2-3-9-4-5/h2-4,7-8H,1H3. The van der Waals surface area contributed by atoms with Gasteiger partial charge in [-0.25, -0.2) is 0 Å². The maximum Gasteiger partial charge on any atom is 0.187 e. The van der Waals surface area contributed by atoms with Gasteiger partial charge in [-0.05, 0) is 23.8 Å². The molecule has 1 aromatic rings. The van der Waals surface area contributed by atoms with Crippen LogP contribution in [0.5, 0.6) is 0 Å². The Labute approximate surface area is 57.4 Å². The quantitative estimate of drug-likeness (QED) is 0.575. The van der Waals surface area contributed by atoms with Gasteiger partial charge in [0.1, 0.15) is 0 Å². The third-order valence-electron chi connectivity index (χ3n) is 1.07. The van der Waals surface area contributed by atoms with Gasteiger partial charge in [0.2, 0.25) is 0 Å². The second-order valence-electron chi connectivity index (χ2n) is 2.03. The van der Waals surface area contributed by atoms with Gasteiger partial charge in [0.05, 0.1) is 0 Å². The predicted molar refractivity (Wildman–Crippen MR) is 36.1 cm³/mol. The smallest absolute Gasteiger partial charge is 0.187 e. The molecule has 1 aromatic heterocycles. The molecule has 0 bridgehead atoms. The number of aliphatic hydroxyl groups is 2. The Balaban J connectivity index is 2.90. The van der Waals surface area contributed by atoms with Crippen molar-refractivity contribution in [1.29, 1.82) is 0 Å². The molecule has 2 N–H and O–H groups in total. The van der Waals surface area contributed by atoms with E-state index < -0.39 is 5.79 Å². The van der Waals surface area contributed by atoms with Crippen molar-refractivity contribution >= 4 is 11.3 Å². The first-order valence-corrected chi connectivity index (χ1v) is 3.52. The zero-order valence-corrected chi connectivity index (χ0v) is 5.85. The van der Waals surface area contributed by atoms with E-state index in [4.69, 9.17) is 10.2 Å². The lowest BCUT2D eigenvalue weighted by Crippen LogP contribution is -2.18. The van der Waals surface area contributed by atoms with E-state index in [1.165, 1.54) is 18.3 Å². The summed E-state index contributed by atoms with van der Waals surface area (Å²) < 4.78 is 0. The van der Waals surface area contributed by atoms with Crippen LogP contribution in [0.4, 0.5) is 0 Å². The van der Waals surface area contributed by atoms with E-state index in [0.717, 1.165) is 0 Å². The average molecular weight is 144 g/mol. The van der Waals surface area contributed by atoms with Gasteiger partial charge in [0.15, 0.2) is 5.79 Å².